The molecule has 0 aromatic rings. The van der Waals surface area contributed by atoms with Crippen molar-refractivity contribution in [1.82, 2.24) is 0 Å². The first-order valence-corrected chi connectivity index (χ1v) is 27.4. The zero-order valence-corrected chi connectivity index (χ0v) is 42.7. The number of esters is 3. The Bertz CT molecular complexity index is 1230. The molecule has 0 aliphatic carbocycles. The Morgan fingerprint density at radius 3 is 0.985 bits per heavy atom. The van der Waals surface area contributed by atoms with E-state index in [4.69, 9.17) is 14.2 Å². The molecular formula is C59H102O6. The highest BCUT2D eigenvalue weighted by Crippen LogP contribution is 2.15. The van der Waals surface area contributed by atoms with E-state index in [0.717, 1.165) is 89.9 Å². The van der Waals surface area contributed by atoms with Crippen molar-refractivity contribution in [3.05, 3.63) is 72.9 Å². The lowest BCUT2D eigenvalue weighted by Gasteiger charge is -2.18. The molecule has 0 fully saturated rings. The first-order chi connectivity index (χ1) is 32.0. The molecule has 0 radical (unpaired) electrons. The Labute approximate surface area is 402 Å². The summed E-state index contributed by atoms with van der Waals surface area (Å²) in [7, 11) is 0. The van der Waals surface area contributed by atoms with Crippen molar-refractivity contribution in [2.24, 2.45) is 0 Å². The van der Waals surface area contributed by atoms with Crippen molar-refractivity contribution >= 4 is 17.9 Å². The van der Waals surface area contributed by atoms with Crippen molar-refractivity contribution in [3.63, 3.8) is 0 Å². The lowest BCUT2D eigenvalue weighted by Crippen LogP contribution is -2.30. The zero-order chi connectivity index (χ0) is 47.2. The minimum Gasteiger partial charge on any atom is -0.462 e. The maximum atomic E-state index is 12.8. The van der Waals surface area contributed by atoms with Crippen LogP contribution in [-0.4, -0.2) is 37.2 Å². The van der Waals surface area contributed by atoms with E-state index in [0.29, 0.717) is 19.3 Å². The van der Waals surface area contributed by atoms with Crippen LogP contribution in [0.5, 0.6) is 0 Å². The van der Waals surface area contributed by atoms with Gasteiger partial charge in [-0.3, -0.25) is 14.4 Å². The average Bonchev–Trinajstić information content (AvgIpc) is 3.30. The van der Waals surface area contributed by atoms with Crippen LogP contribution < -0.4 is 0 Å². The van der Waals surface area contributed by atoms with Crippen LogP contribution in [0.2, 0.25) is 0 Å². The van der Waals surface area contributed by atoms with Gasteiger partial charge >= 0.3 is 17.9 Å². The van der Waals surface area contributed by atoms with Crippen molar-refractivity contribution in [3.8, 4) is 0 Å². The van der Waals surface area contributed by atoms with Crippen molar-refractivity contribution in [2.75, 3.05) is 13.2 Å². The fourth-order valence-corrected chi connectivity index (χ4v) is 7.61. The number of hydrogen-bond donors (Lipinski definition) is 0. The Morgan fingerprint density at radius 2 is 0.600 bits per heavy atom. The van der Waals surface area contributed by atoms with Crippen molar-refractivity contribution in [2.45, 2.75) is 271 Å². The second-order valence-electron chi connectivity index (χ2n) is 18.1. The third kappa shape index (κ3) is 51.7. The van der Waals surface area contributed by atoms with Crippen molar-refractivity contribution in [1.29, 1.82) is 0 Å². The maximum Gasteiger partial charge on any atom is 0.306 e. The van der Waals surface area contributed by atoms with E-state index in [2.05, 4.69) is 93.7 Å². The summed E-state index contributed by atoms with van der Waals surface area (Å²) in [5, 5.41) is 0. The molecule has 0 N–H and O–H groups in total. The van der Waals surface area contributed by atoms with Crippen LogP contribution in [-0.2, 0) is 28.6 Å². The van der Waals surface area contributed by atoms with Crippen LogP contribution in [0.25, 0.3) is 0 Å². The van der Waals surface area contributed by atoms with Crippen LogP contribution in [0.15, 0.2) is 72.9 Å². The summed E-state index contributed by atoms with van der Waals surface area (Å²) in [5.74, 6) is -0.933. The highest BCUT2D eigenvalue weighted by Gasteiger charge is 2.19. The summed E-state index contributed by atoms with van der Waals surface area (Å²) < 4.78 is 16.8. The Kier molecular flexibility index (Phi) is 50.9. The molecule has 0 saturated carbocycles. The summed E-state index contributed by atoms with van der Waals surface area (Å²) in [6.45, 7) is 6.38. The van der Waals surface area contributed by atoms with E-state index in [1.807, 2.05) is 0 Å². The molecule has 0 spiro atoms. The molecule has 374 valence electrons. The molecular weight excluding hydrogens is 805 g/mol. The predicted octanol–water partition coefficient (Wildman–Crippen LogP) is 18.2. The number of ether oxygens (including phenoxy) is 3. The minimum absolute atomic E-state index is 0.0900. The topological polar surface area (TPSA) is 78.9 Å². The third-order valence-corrected chi connectivity index (χ3v) is 11.7. The number of unbranched alkanes of at least 4 members (excludes halogenated alkanes) is 26. The molecule has 0 aromatic heterocycles. The molecule has 1 atom stereocenters. The highest BCUT2D eigenvalue weighted by molar-refractivity contribution is 5.71. The predicted molar refractivity (Wildman–Crippen MR) is 279 cm³/mol. The zero-order valence-electron chi connectivity index (χ0n) is 42.7. The second kappa shape index (κ2) is 53.5. The van der Waals surface area contributed by atoms with Crippen LogP contribution in [0.1, 0.15) is 265 Å². The Balaban J connectivity index is 4.31. The van der Waals surface area contributed by atoms with E-state index in [9.17, 15) is 14.4 Å². The van der Waals surface area contributed by atoms with Gasteiger partial charge in [-0.15, -0.1) is 0 Å². The molecule has 1 unspecified atom stereocenters. The average molecular weight is 907 g/mol. The van der Waals surface area contributed by atoms with E-state index in [1.54, 1.807) is 0 Å². The number of allylic oxidation sites excluding steroid dienone is 12. The quantitative estimate of drug-likeness (QED) is 0.0262. The molecule has 6 heteroatoms. The van der Waals surface area contributed by atoms with Crippen molar-refractivity contribution < 1.29 is 28.6 Å². The lowest BCUT2D eigenvalue weighted by atomic mass is 10.1. The Hall–Kier alpha value is -3.15. The summed E-state index contributed by atoms with van der Waals surface area (Å²) in [6, 6.07) is 0. The molecule has 0 heterocycles. The van der Waals surface area contributed by atoms with Crippen LogP contribution >= 0.6 is 0 Å². The normalized spacial score (nSPS) is 12.6. The van der Waals surface area contributed by atoms with Gasteiger partial charge in [-0.2, -0.15) is 0 Å². The number of carbonyl (C=O) groups excluding carboxylic acids is 3. The van der Waals surface area contributed by atoms with E-state index in [1.165, 1.54) is 135 Å². The molecule has 0 bridgehead atoms. The molecule has 6 nitrogen and oxygen atoms in total. The monoisotopic (exact) mass is 907 g/mol. The largest absolute Gasteiger partial charge is 0.462 e. The van der Waals surface area contributed by atoms with Gasteiger partial charge < -0.3 is 14.2 Å². The number of hydrogen-bond acceptors (Lipinski definition) is 6. The standard InChI is InChI=1S/C59H102O6/c1-4-7-10-13-16-19-21-23-25-27-29-31-33-35-37-40-43-46-49-52-58(61)64-55-56(54-63-57(60)51-48-45-42-39-18-15-12-9-6-3)65-59(62)53-50-47-44-41-38-36-34-32-30-28-26-24-22-20-17-14-11-8-5-2/h7,9-10,12,16,18-19,23,25,28,30,39,56H,4-6,8,11,13-15,17,20-22,24,26-27,29,31-38,40-55H2,1-3H3/b10-7-,12-9-,19-16-,25-23-,30-28-,39-18-. The van der Waals surface area contributed by atoms with Gasteiger partial charge in [0.2, 0.25) is 0 Å². The fourth-order valence-electron chi connectivity index (χ4n) is 7.61. The third-order valence-electron chi connectivity index (χ3n) is 11.7. The minimum atomic E-state index is -0.792. The summed E-state index contributed by atoms with van der Waals surface area (Å²) in [6.07, 6.45) is 67.7. The number of rotatable bonds is 49. The van der Waals surface area contributed by atoms with Gasteiger partial charge in [0.15, 0.2) is 6.10 Å². The van der Waals surface area contributed by atoms with Gasteiger partial charge in [-0.25, -0.2) is 0 Å². The van der Waals surface area contributed by atoms with Crippen LogP contribution in [0.3, 0.4) is 0 Å². The summed E-state index contributed by atoms with van der Waals surface area (Å²) >= 11 is 0. The lowest BCUT2D eigenvalue weighted by molar-refractivity contribution is -0.167. The van der Waals surface area contributed by atoms with Gasteiger partial charge in [-0.1, -0.05) is 216 Å². The highest BCUT2D eigenvalue weighted by atomic mass is 16.6. The first-order valence-electron chi connectivity index (χ1n) is 27.4. The smallest absolute Gasteiger partial charge is 0.306 e. The van der Waals surface area contributed by atoms with Gasteiger partial charge in [0, 0.05) is 19.3 Å². The molecule has 0 aromatic carbocycles. The molecule has 65 heavy (non-hydrogen) atoms. The summed E-state index contributed by atoms with van der Waals surface area (Å²) in [5.41, 5.74) is 0. The fraction of sp³-hybridized carbons (Fsp3) is 0.746. The second-order valence-corrected chi connectivity index (χ2v) is 18.1. The molecule has 0 aliphatic rings. The molecule has 0 aliphatic heterocycles. The molecule has 0 rings (SSSR count). The SMILES string of the molecule is CC/C=C\C/C=C\C/C=C\CCCCCCCCCCCC(=O)OCC(COC(=O)CCCC/C=C\C/C=C\CC)OC(=O)CCCCCCCCC/C=C\CCCCCCCCCC. The van der Waals surface area contributed by atoms with Gasteiger partial charge in [0.25, 0.3) is 0 Å². The molecule has 0 amide bonds. The van der Waals surface area contributed by atoms with E-state index in [-0.39, 0.29) is 31.1 Å². The van der Waals surface area contributed by atoms with Crippen LogP contribution in [0.4, 0.5) is 0 Å². The van der Waals surface area contributed by atoms with Crippen LogP contribution in [0, 0.1) is 0 Å². The van der Waals surface area contributed by atoms with E-state index >= 15 is 0 Å². The van der Waals surface area contributed by atoms with E-state index < -0.39 is 6.10 Å². The number of carbonyl (C=O) groups is 3. The van der Waals surface area contributed by atoms with Gasteiger partial charge in [0.05, 0.1) is 0 Å². The van der Waals surface area contributed by atoms with Gasteiger partial charge in [0.1, 0.15) is 13.2 Å². The molecule has 0 saturated heterocycles. The summed E-state index contributed by atoms with van der Waals surface area (Å²) in [4.78, 5) is 38.0. The maximum absolute atomic E-state index is 12.8. The van der Waals surface area contributed by atoms with Gasteiger partial charge in [-0.05, 0) is 103 Å². The first kappa shape index (κ1) is 61.9. The Morgan fingerprint density at radius 1 is 0.323 bits per heavy atom.